The molecule has 2 aliphatic rings. The molecule has 6 nitrogen and oxygen atoms in total. The van der Waals surface area contributed by atoms with Gasteiger partial charge in [-0.1, -0.05) is 39.3 Å². The summed E-state index contributed by atoms with van der Waals surface area (Å²) in [6.07, 6.45) is 3.59. The Balaban J connectivity index is 1.71. The molecule has 1 aromatic carbocycles. The molecule has 0 unspecified atom stereocenters. The highest BCUT2D eigenvalue weighted by atomic mass is 16.3. The molecule has 0 atom stereocenters. The molecule has 1 heterocycles. The summed E-state index contributed by atoms with van der Waals surface area (Å²) in [5.41, 5.74) is 1.68. The molecule has 0 bridgehead atoms. The quantitative estimate of drug-likeness (QED) is 0.310. The molecule has 1 fully saturated rings. The lowest BCUT2D eigenvalue weighted by Crippen LogP contribution is -2.33. The van der Waals surface area contributed by atoms with Crippen molar-refractivity contribution in [2.75, 3.05) is 13.1 Å². The Kier molecular flexibility index (Phi) is 6.54. The van der Waals surface area contributed by atoms with Crippen molar-refractivity contribution in [3.05, 3.63) is 46.7 Å². The van der Waals surface area contributed by atoms with Gasteiger partial charge in [0.15, 0.2) is 5.78 Å². The first-order chi connectivity index (χ1) is 14.2. The first kappa shape index (κ1) is 21.9. The van der Waals surface area contributed by atoms with Crippen LogP contribution in [-0.2, 0) is 4.79 Å². The van der Waals surface area contributed by atoms with E-state index in [0.29, 0.717) is 48.2 Å². The maximum atomic E-state index is 12.7. The average molecular weight is 411 g/mol. The van der Waals surface area contributed by atoms with Gasteiger partial charge in [-0.2, -0.15) is 0 Å². The van der Waals surface area contributed by atoms with E-state index in [1.807, 2.05) is 13.8 Å². The van der Waals surface area contributed by atoms with Crippen LogP contribution >= 0.6 is 0 Å². The zero-order valence-electron chi connectivity index (χ0n) is 18.0. The Morgan fingerprint density at radius 3 is 2.30 bits per heavy atom. The largest absolute Gasteiger partial charge is 0.511 e. The van der Waals surface area contributed by atoms with E-state index in [-0.39, 0.29) is 41.7 Å². The van der Waals surface area contributed by atoms with E-state index in [2.05, 4.69) is 11.9 Å². The maximum Gasteiger partial charge on any atom is 0.261 e. The van der Waals surface area contributed by atoms with Gasteiger partial charge < -0.3 is 5.11 Å². The lowest BCUT2D eigenvalue weighted by molar-refractivity contribution is -0.117. The maximum absolute atomic E-state index is 12.7. The smallest absolute Gasteiger partial charge is 0.261 e. The second kappa shape index (κ2) is 8.94. The number of imide groups is 1. The minimum atomic E-state index is -0.306. The molecule has 0 aromatic heterocycles. The highest BCUT2D eigenvalue weighted by molar-refractivity contribution is 6.24. The second-order valence-corrected chi connectivity index (χ2v) is 8.86. The Morgan fingerprint density at radius 1 is 1.07 bits per heavy atom. The topological polar surface area (TPSA) is 87.0 Å². The van der Waals surface area contributed by atoms with E-state index in [1.54, 1.807) is 24.3 Å². The summed E-state index contributed by atoms with van der Waals surface area (Å²) in [6, 6.07) is 6.77. The molecule has 1 aliphatic heterocycles. The first-order valence-electron chi connectivity index (χ1n) is 10.7. The van der Waals surface area contributed by atoms with E-state index in [0.717, 1.165) is 12.8 Å². The van der Waals surface area contributed by atoms with E-state index >= 15 is 0 Å². The summed E-state index contributed by atoms with van der Waals surface area (Å²) in [5, 5.41) is 10.7. The van der Waals surface area contributed by atoms with Crippen LogP contribution in [0.25, 0.3) is 0 Å². The van der Waals surface area contributed by atoms with Crippen molar-refractivity contribution < 1.29 is 19.5 Å². The number of allylic oxidation sites excluding steroid dienone is 2. The van der Waals surface area contributed by atoms with Crippen molar-refractivity contribution in [1.29, 1.82) is 0 Å². The fourth-order valence-corrected chi connectivity index (χ4v) is 4.09. The molecule has 1 aliphatic carbocycles. The van der Waals surface area contributed by atoms with E-state index < -0.39 is 0 Å². The van der Waals surface area contributed by atoms with E-state index in [9.17, 15) is 19.5 Å². The Hall–Kier alpha value is -2.76. The molecule has 0 spiro atoms. The van der Waals surface area contributed by atoms with Gasteiger partial charge in [0.1, 0.15) is 5.76 Å². The van der Waals surface area contributed by atoms with Gasteiger partial charge in [0, 0.05) is 31.6 Å². The first-order valence-corrected chi connectivity index (χ1v) is 10.7. The SMILES string of the molecule is CCCCN=C1CC(C)(C)CC(=O)/C1=C(\O)CCCN1C(=O)c2ccccc2C1=O. The van der Waals surface area contributed by atoms with E-state index in [4.69, 9.17) is 0 Å². The van der Waals surface area contributed by atoms with Crippen LogP contribution in [0.3, 0.4) is 0 Å². The van der Waals surface area contributed by atoms with Gasteiger partial charge in [0.2, 0.25) is 0 Å². The van der Waals surface area contributed by atoms with Crippen LogP contribution in [0, 0.1) is 5.41 Å². The standard InChI is InChI=1S/C24H30N2O4/c1-4-5-12-25-18-14-24(2,3)15-20(28)21(18)19(27)11-8-13-26-22(29)16-9-6-7-10-17(16)23(26)30/h6-7,9-10,27H,4-5,8,11-15H2,1-3H3/b21-19-,25-18?. The van der Waals surface area contributed by atoms with Crippen LogP contribution in [0.2, 0.25) is 0 Å². The second-order valence-electron chi connectivity index (χ2n) is 8.86. The summed E-state index contributed by atoms with van der Waals surface area (Å²) in [7, 11) is 0. The number of hydrogen-bond acceptors (Lipinski definition) is 5. The number of aliphatic hydroxyl groups excluding tert-OH is 1. The fraction of sp³-hybridized carbons (Fsp3) is 0.500. The van der Waals surface area contributed by atoms with Gasteiger partial charge in [-0.25, -0.2) is 0 Å². The number of carbonyl (C=O) groups excluding carboxylic acids is 3. The molecule has 30 heavy (non-hydrogen) atoms. The molecule has 1 saturated carbocycles. The highest BCUT2D eigenvalue weighted by Gasteiger charge is 2.37. The molecular formula is C24H30N2O4. The van der Waals surface area contributed by atoms with Crippen molar-refractivity contribution in [3.8, 4) is 0 Å². The van der Waals surface area contributed by atoms with Crippen molar-refractivity contribution in [2.24, 2.45) is 10.4 Å². The lowest BCUT2D eigenvalue weighted by Gasteiger charge is -2.31. The number of unbranched alkanes of at least 4 members (excludes halogenated alkanes) is 1. The molecule has 0 radical (unpaired) electrons. The number of Topliss-reactive ketones (excluding diaryl/α,β-unsaturated/α-hetero) is 1. The molecule has 160 valence electrons. The molecule has 3 rings (SSSR count). The zero-order valence-corrected chi connectivity index (χ0v) is 18.0. The van der Waals surface area contributed by atoms with Gasteiger partial charge >= 0.3 is 0 Å². The van der Waals surface area contributed by atoms with Gasteiger partial charge in [-0.05, 0) is 36.8 Å². The summed E-state index contributed by atoms with van der Waals surface area (Å²) in [6.45, 7) is 7.00. The van der Waals surface area contributed by atoms with Gasteiger partial charge in [-0.3, -0.25) is 24.3 Å². The van der Waals surface area contributed by atoms with Crippen molar-refractivity contribution >= 4 is 23.3 Å². The summed E-state index contributed by atoms with van der Waals surface area (Å²) in [4.78, 5) is 43.5. The number of nitrogens with zero attached hydrogens (tertiary/aromatic N) is 2. The van der Waals surface area contributed by atoms with Crippen LogP contribution in [0.1, 0.15) is 80.0 Å². The van der Waals surface area contributed by atoms with Gasteiger partial charge in [0.05, 0.1) is 16.7 Å². The van der Waals surface area contributed by atoms with Crippen molar-refractivity contribution in [2.45, 2.75) is 59.3 Å². The lowest BCUT2D eigenvalue weighted by atomic mass is 9.73. The molecule has 1 N–H and O–H groups in total. The predicted molar refractivity (Wildman–Crippen MR) is 116 cm³/mol. The van der Waals surface area contributed by atoms with Crippen LogP contribution in [0.4, 0.5) is 0 Å². The van der Waals surface area contributed by atoms with Crippen molar-refractivity contribution in [1.82, 2.24) is 4.90 Å². The summed E-state index contributed by atoms with van der Waals surface area (Å²) in [5.74, 6) is -0.679. The number of amides is 2. The third-order valence-electron chi connectivity index (χ3n) is 5.63. The number of carbonyl (C=O) groups is 3. The van der Waals surface area contributed by atoms with E-state index in [1.165, 1.54) is 4.90 Å². The zero-order chi connectivity index (χ0) is 21.9. The number of ketones is 1. The van der Waals surface area contributed by atoms with Crippen LogP contribution in [0.15, 0.2) is 40.6 Å². The average Bonchev–Trinajstić information content (AvgIpc) is 2.92. The number of aliphatic hydroxyl groups is 1. The summed E-state index contributed by atoms with van der Waals surface area (Å²) < 4.78 is 0. The summed E-state index contributed by atoms with van der Waals surface area (Å²) >= 11 is 0. The molecule has 1 aromatic rings. The van der Waals surface area contributed by atoms with Crippen LogP contribution in [0.5, 0.6) is 0 Å². The van der Waals surface area contributed by atoms with Crippen LogP contribution in [-0.4, -0.2) is 46.4 Å². The number of aliphatic imine (C=N–C) groups is 1. The van der Waals surface area contributed by atoms with Gasteiger partial charge in [-0.15, -0.1) is 0 Å². The van der Waals surface area contributed by atoms with Crippen molar-refractivity contribution in [3.63, 3.8) is 0 Å². The monoisotopic (exact) mass is 410 g/mol. The Bertz CT molecular complexity index is 892. The highest BCUT2D eigenvalue weighted by Crippen LogP contribution is 2.36. The number of fused-ring (bicyclic) bond motifs is 1. The Labute approximate surface area is 177 Å². The van der Waals surface area contributed by atoms with Gasteiger partial charge in [0.25, 0.3) is 11.8 Å². The third kappa shape index (κ3) is 4.53. The van der Waals surface area contributed by atoms with Crippen LogP contribution < -0.4 is 0 Å². The number of benzene rings is 1. The predicted octanol–water partition coefficient (Wildman–Crippen LogP) is 4.51. The third-order valence-corrected chi connectivity index (χ3v) is 5.63. The number of hydrogen-bond donors (Lipinski definition) is 1. The molecular weight excluding hydrogens is 380 g/mol. The molecule has 2 amide bonds. The minimum absolute atomic E-state index is 0.0161. The fourth-order valence-electron chi connectivity index (χ4n) is 4.09. The number of rotatable bonds is 7. The molecule has 0 saturated heterocycles. The normalized spacial score (nSPS) is 21.4. The molecule has 6 heteroatoms. The Morgan fingerprint density at radius 2 is 1.70 bits per heavy atom. The minimum Gasteiger partial charge on any atom is -0.511 e.